The van der Waals surface area contributed by atoms with Gasteiger partial charge in [0.2, 0.25) is 0 Å². The predicted molar refractivity (Wildman–Crippen MR) is 75.9 cm³/mol. The summed E-state index contributed by atoms with van der Waals surface area (Å²) in [6.07, 6.45) is 1.87. The molecule has 1 saturated heterocycles. The zero-order chi connectivity index (χ0) is 13.1. The zero-order valence-electron chi connectivity index (χ0n) is 10.5. The first-order valence-electron chi connectivity index (χ1n) is 6.29. The Balaban J connectivity index is 1.92. The molecule has 0 aromatic heterocycles. The van der Waals surface area contributed by atoms with Gasteiger partial charge in [0.25, 0.3) is 0 Å². The lowest BCUT2D eigenvalue weighted by Gasteiger charge is -2.19. The summed E-state index contributed by atoms with van der Waals surface area (Å²) in [7, 11) is 0. The number of carboxylic acids is 1. The summed E-state index contributed by atoms with van der Waals surface area (Å²) in [6, 6.07) is 8.30. The van der Waals surface area contributed by atoms with Crippen LogP contribution in [0.5, 0.6) is 0 Å². The van der Waals surface area contributed by atoms with E-state index in [1.165, 1.54) is 5.69 Å². The molecule has 2 atom stereocenters. The third-order valence-corrected chi connectivity index (χ3v) is 4.11. The number of carbonyl (C=O) groups is 1. The number of halogens is 1. The van der Waals surface area contributed by atoms with Crippen molar-refractivity contribution < 1.29 is 9.90 Å². The maximum absolute atomic E-state index is 10.9. The van der Waals surface area contributed by atoms with Crippen LogP contribution in [0.15, 0.2) is 28.7 Å². The fourth-order valence-electron chi connectivity index (χ4n) is 2.51. The van der Waals surface area contributed by atoms with Crippen LogP contribution in [0.25, 0.3) is 0 Å². The van der Waals surface area contributed by atoms with Crippen molar-refractivity contribution in [3.63, 3.8) is 0 Å². The summed E-state index contributed by atoms with van der Waals surface area (Å²) in [6.45, 7) is 3.79. The van der Waals surface area contributed by atoms with E-state index in [4.69, 9.17) is 5.11 Å². The average molecular weight is 312 g/mol. The molecule has 1 fully saturated rings. The van der Waals surface area contributed by atoms with Crippen molar-refractivity contribution in [2.45, 2.75) is 19.8 Å². The molecule has 1 aromatic rings. The molecule has 1 N–H and O–H groups in total. The molecule has 0 spiro atoms. The maximum atomic E-state index is 10.9. The Bertz CT molecular complexity index is 418. The minimum Gasteiger partial charge on any atom is -0.481 e. The van der Waals surface area contributed by atoms with E-state index in [0.717, 1.165) is 30.4 Å². The normalized spacial score (nSPS) is 21.0. The molecule has 2 unspecified atom stereocenters. The molecule has 4 heteroatoms. The predicted octanol–water partition coefficient (Wildman–Crippen LogP) is 3.39. The van der Waals surface area contributed by atoms with Gasteiger partial charge in [-0.2, -0.15) is 0 Å². The van der Waals surface area contributed by atoms with Gasteiger partial charge in [0.15, 0.2) is 0 Å². The van der Waals surface area contributed by atoms with Crippen LogP contribution in [-0.2, 0) is 4.79 Å². The molecular weight excluding hydrogens is 294 g/mol. The van der Waals surface area contributed by atoms with E-state index in [9.17, 15) is 4.79 Å². The summed E-state index contributed by atoms with van der Waals surface area (Å²) in [5.74, 6) is -0.420. The average Bonchev–Trinajstić information content (AvgIpc) is 2.78. The highest BCUT2D eigenvalue weighted by atomic mass is 79.9. The molecular formula is C14H18BrNO2. The van der Waals surface area contributed by atoms with Gasteiger partial charge < -0.3 is 10.0 Å². The number of hydrogen-bond donors (Lipinski definition) is 1. The van der Waals surface area contributed by atoms with E-state index in [-0.39, 0.29) is 5.92 Å². The smallest absolute Gasteiger partial charge is 0.306 e. The second-order valence-electron chi connectivity index (χ2n) is 5.05. The summed E-state index contributed by atoms with van der Waals surface area (Å²) >= 11 is 3.43. The fraction of sp³-hybridized carbons (Fsp3) is 0.500. The topological polar surface area (TPSA) is 40.5 Å². The zero-order valence-corrected chi connectivity index (χ0v) is 12.1. The number of carboxylic acid groups (broad SMARTS) is 1. The number of rotatable bonds is 4. The molecule has 1 heterocycles. The summed E-state index contributed by atoms with van der Waals surface area (Å²) in [5.41, 5.74) is 1.23. The van der Waals surface area contributed by atoms with E-state index >= 15 is 0 Å². The number of nitrogens with zero attached hydrogens (tertiary/aromatic N) is 1. The first-order chi connectivity index (χ1) is 8.56. The van der Waals surface area contributed by atoms with E-state index in [1.54, 1.807) is 6.92 Å². The van der Waals surface area contributed by atoms with Gasteiger partial charge >= 0.3 is 5.97 Å². The Hall–Kier alpha value is -1.03. The van der Waals surface area contributed by atoms with E-state index < -0.39 is 5.97 Å². The van der Waals surface area contributed by atoms with Crippen molar-refractivity contribution in [2.24, 2.45) is 11.8 Å². The Kier molecular flexibility index (Phi) is 4.27. The van der Waals surface area contributed by atoms with Gasteiger partial charge in [-0.05, 0) is 43.0 Å². The fourth-order valence-corrected chi connectivity index (χ4v) is 2.78. The largest absolute Gasteiger partial charge is 0.481 e. The first-order valence-corrected chi connectivity index (χ1v) is 7.09. The molecule has 0 amide bonds. The minimum absolute atomic E-state index is 0.236. The SMILES string of the molecule is CC(CC1CCN(c2ccc(Br)cc2)C1)C(=O)O. The number of anilines is 1. The van der Waals surface area contributed by atoms with Crippen LogP contribution in [0.4, 0.5) is 5.69 Å². The summed E-state index contributed by atoms with van der Waals surface area (Å²) in [4.78, 5) is 13.2. The van der Waals surface area contributed by atoms with Crippen LogP contribution >= 0.6 is 15.9 Å². The summed E-state index contributed by atoms with van der Waals surface area (Å²) < 4.78 is 1.08. The van der Waals surface area contributed by atoms with Gasteiger partial charge in [-0.15, -0.1) is 0 Å². The van der Waals surface area contributed by atoms with Gasteiger partial charge in [0.1, 0.15) is 0 Å². The standard InChI is InChI=1S/C14H18BrNO2/c1-10(14(17)18)8-11-6-7-16(9-11)13-4-2-12(15)3-5-13/h2-5,10-11H,6-9H2,1H3,(H,17,18). The third kappa shape index (κ3) is 3.25. The molecule has 0 saturated carbocycles. The highest BCUT2D eigenvalue weighted by Crippen LogP contribution is 2.28. The maximum Gasteiger partial charge on any atom is 0.306 e. The molecule has 0 aliphatic carbocycles. The minimum atomic E-state index is -0.683. The van der Waals surface area contributed by atoms with E-state index in [2.05, 4.69) is 33.0 Å². The Morgan fingerprint density at radius 2 is 2.17 bits per heavy atom. The Labute approximate surface area is 116 Å². The van der Waals surface area contributed by atoms with Gasteiger partial charge in [0, 0.05) is 23.2 Å². The van der Waals surface area contributed by atoms with Crippen molar-refractivity contribution in [3.05, 3.63) is 28.7 Å². The molecule has 1 aliphatic rings. The molecule has 0 radical (unpaired) electrons. The quantitative estimate of drug-likeness (QED) is 0.926. The number of benzene rings is 1. The van der Waals surface area contributed by atoms with Crippen molar-refractivity contribution in [1.29, 1.82) is 0 Å². The first kappa shape index (κ1) is 13.4. The summed E-state index contributed by atoms with van der Waals surface area (Å²) in [5, 5.41) is 8.94. The number of aliphatic carboxylic acids is 1. The molecule has 2 rings (SSSR count). The van der Waals surface area contributed by atoms with Gasteiger partial charge in [-0.3, -0.25) is 4.79 Å². The van der Waals surface area contributed by atoms with Crippen LogP contribution in [0.3, 0.4) is 0 Å². The van der Waals surface area contributed by atoms with Crippen molar-refractivity contribution in [3.8, 4) is 0 Å². The van der Waals surface area contributed by atoms with Crippen LogP contribution in [-0.4, -0.2) is 24.2 Å². The van der Waals surface area contributed by atoms with Crippen LogP contribution < -0.4 is 4.90 Å². The van der Waals surface area contributed by atoms with Crippen LogP contribution in [0.1, 0.15) is 19.8 Å². The molecule has 1 aromatic carbocycles. The second kappa shape index (κ2) is 5.74. The van der Waals surface area contributed by atoms with E-state index in [1.807, 2.05) is 12.1 Å². The molecule has 1 aliphatic heterocycles. The lowest BCUT2D eigenvalue weighted by molar-refractivity contribution is -0.141. The Morgan fingerprint density at radius 1 is 1.50 bits per heavy atom. The van der Waals surface area contributed by atoms with Crippen LogP contribution in [0.2, 0.25) is 0 Å². The molecule has 3 nitrogen and oxygen atoms in total. The van der Waals surface area contributed by atoms with Crippen molar-refractivity contribution in [2.75, 3.05) is 18.0 Å². The molecule has 98 valence electrons. The molecule has 0 bridgehead atoms. The van der Waals surface area contributed by atoms with Crippen LogP contribution in [0, 0.1) is 11.8 Å². The molecule has 18 heavy (non-hydrogen) atoms. The lowest BCUT2D eigenvalue weighted by atomic mass is 9.95. The number of hydrogen-bond acceptors (Lipinski definition) is 2. The third-order valence-electron chi connectivity index (χ3n) is 3.59. The van der Waals surface area contributed by atoms with E-state index in [0.29, 0.717) is 5.92 Å². The lowest BCUT2D eigenvalue weighted by Crippen LogP contribution is -2.21. The highest BCUT2D eigenvalue weighted by Gasteiger charge is 2.26. The monoisotopic (exact) mass is 311 g/mol. The second-order valence-corrected chi connectivity index (χ2v) is 5.97. The van der Waals surface area contributed by atoms with Crippen molar-refractivity contribution in [1.82, 2.24) is 0 Å². The highest BCUT2D eigenvalue weighted by molar-refractivity contribution is 9.10. The van der Waals surface area contributed by atoms with Gasteiger partial charge in [-0.25, -0.2) is 0 Å². The van der Waals surface area contributed by atoms with Gasteiger partial charge in [0.05, 0.1) is 5.92 Å². The Morgan fingerprint density at radius 3 is 2.78 bits per heavy atom. The van der Waals surface area contributed by atoms with Gasteiger partial charge in [-0.1, -0.05) is 22.9 Å². The van der Waals surface area contributed by atoms with Crippen molar-refractivity contribution >= 4 is 27.6 Å².